The third-order valence-corrected chi connectivity index (χ3v) is 2.51. The number of aliphatic hydroxyl groups excluding tert-OH is 1. The van der Waals surface area contributed by atoms with E-state index in [1.165, 1.54) is 0 Å². The Balaban J connectivity index is -0.000000506. The van der Waals surface area contributed by atoms with Gasteiger partial charge in [0.15, 0.2) is 0 Å². The molecule has 2 nitrogen and oxygen atoms in total. The first-order valence-corrected chi connectivity index (χ1v) is 7.11. The van der Waals surface area contributed by atoms with Gasteiger partial charge in [0.25, 0.3) is 0 Å². The summed E-state index contributed by atoms with van der Waals surface area (Å²) in [5.74, 6) is 0. The van der Waals surface area contributed by atoms with Crippen LogP contribution in [0.3, 0.4) is 0 Å². The smallest absolute Gasteiger partial charge is 0.0722 e. The second kappa shape index (κ2) is 16.3. The van der Waals surface area contributed by atoms with Crippen LogP contribution in [0.4, 0.5) is 0 Å². The van der Waals surface area contributed by atoms with Crippen LogP contribution in [0.5, 0.6) is 0 Å². The molecular weight excluding hydrogens is 290 g/mol. The molecule has 0 fully saturated rings. The molecule has 0 aliphatic heterocycles. The lowest BCUT2D eigenvalue weighted by Crippen LogP contribution is -2.00. The molecular formula is C15H28BrNO. The predicted octanol–water partition coefficient (Wildman–Crippen LogP) is 4.90. The number of aliphatic imine (C=N–C) groups is 1. The van der Waals surface area contributed by atoms with Crippen molar-refractivity contribution in [1.82, 2.24) is 0 Å². The first-order chi connectivity index (χ1) is 8.49. The summed E-state index contributed by atoms with van der Waals surface area (Å²) >= 11 is 3.37. The second-order valence-electron chi connectivity index (χ2n) is 3.01. The molecule has 0 heterocycles. The zero-order valence-corrected chi connectivity index (χ0v) is 14.4. The van der Waals surface area contributed by atoms with Gasteiger partial charge in [0, 0.05) is 17.7 Å². The van der Waals surface area contributed by atoms with E-state index in [0.29, 0.717) is 0 Å². The minimum Gasteiger partial charge on any atom is -0.389 e. The molecule has 0 amide bonds. The Kier molecular flexibility index (Phi) is 20.4. The van der Waals surface area contributed by atoms with Crippen molar-refractivity contribution in [2.75, 3.05) is 7.05 Å². The normalized spacial score (nSPS) is 13.2. The lowest BCUT2D eigenvalue weighted by atomic mass is 10.1. The number of halogens is 1. The van der Waals surface area contributed by atoms with Crippen LogP contribution in [0.15, 0.2) is 39.4 Å². The molecule has 0 aliphatic rings. The molecule has 0 aromatic carbocycles. The van der Waals surface area contributed by atoms with Crippen LogP contribution in [-0.2, 0) is 0 Å². The summed E-state index contributed by atoms with van der Waals surface area (Å²) in [5, 5.41) is 9.26. The molecule has 3 heteroatoms. The predicted molar refractivity (Wildman–Crippen MR) is 88.7 cm³/mol. The summed E-state index contributed by atoms with van der Waals surface area (Å²) in [4.78, 5) is 3.83. The zero-order valence-electron chi connectivity index (χ0n) is 12.8. The fraction of sp³-hybridized carbons (Fsp3) is 0.533. The summed E-state index contributed by atoms with van der Waals surface area (Å²) in [6, 6.07) is 0. The van der Waals surface area contributed by atoms with E-state index in [-0.39, 0.29) is 0 Å². The van der Waals surface area contributed by atoms with Crippen molar-refractivity contribution >= 4 is 22.1 Å². The van der Waals surface area contributed by atoms with Gasteiger partial charge in [-0.3, -0.25) is 4.99 Å². The zero-order chi connectivity index (χ0) is 15.1. The number of hydrogen-bond acceptors (Lipinski definition) is 2. The quantitative estimate of drug-likeness (QED) is 0.580. The Labute approximate surface area is 121 Å². The van der Waals surface area contributed by atoms with Gasteiger partial charge in [-0.25, -0.2) is 0 Å². The molecule has 0 rings (SSSR count). The van der Waals surface area contributed by atoms with E-state index in [2.05, 4.69) is 27.5 Å². The Hall–Kier alpha value is -0.670. The molecule has 0 bridgehead atoms. The van der Waals surface area contributed by atoms with Gasteiger partial charge in [0.2, 0.25) is 0 Å². The topological polar surface area (TPSA) is 32.6 Å². The summed E-state index contributed by atoms with van der Waals surface area (Å²) < 4.78 is 0.864. The van der Waals surface area contributed by atoms with Gasteiger partial charge in [-0.05, 0) is 31.1 Å². The molecule has 1 unspecified atom stereocenters. The lowest BCUT2D eigenvalue weighted by molar-refractivity contribution is 0.231. The maximum absolute atomic E-state index is 9.26. The average molecular weight is 318 g/mol. The average Bonchev–Trinajstić information content (AvgIpc) is 2.40. The molecule has 0 aromatic heterocycles. The first-order valence-electron chi connectivity index (χ1n) is 6.32. The largest absolute Gasteiger partial charge is 0.389 e. The SMILES string of the molecule is C=C(/C=C(\C)C(C)O)/C(Br)=C\C=NC.CC.CC. The Morgan fingerprint density at radius 1 is 1.28 bits per heavy atom. The molecule has 0 aromatic rings. The molecule has 0 aliphatic carbocycles. The minimum atomic E-state index is -0.438. The summed E-state index contributed by atoms with van der Waals surface area (Å²) in [6.45, 7) is 15.5. The van der Waals surface area contributed by atoms with Crippen LogP contribution in [0.25, 0.3) is 0 Å². The molecule has 18 heavy (non-hydrogen) atoms. The second-order valence-corrected chi connectivity index (χ2v) is 3.87. The van der Waals surface area contributed by atoms with E-state index < -0.39 is 6.10 Å². The van der Waals surface area contributed by atoms with Crippen molar-refractivity contribution in [3.05, 3.63) is 34.4 Å². The van der Waals surface area contributed by atoms with E-state index in [4.69, 9.17) is 0 Å². The number of hydrogen-bond donors (Lipinski definition) is 1. The number of nitrogens with zero attached hydrogens (tertiary/aromatic N) is 1. The van der Waals surface area contributed by atoms with E-state index in [1.807, 2.05) is 46.8 Å². The van der Waals surface area contributed by atoms with E-state index >= 15 is 0 Å². The maximum atomic E-state index is 9.26. The van der Waals surface area contributed by atoms with Crippen molar-refractivity contribution < 1.29 is 5.11 Å². The van der Waals surface area contributed by atoms with Crippen LogP contribution < -0.4 is 0 Å². The van der Waals surface area contributed by atoms with Gasteiger partial charge in [0.1, 0.15) is 0 Å². The standard InChI is InChI=1S/C11H16BrNO.2C2H6/c1-8(10(3)14)7-9(2)11(12)5-6-13-4;2*1-2/h5-7,10,14H,2H2,1,3-4H3;2*1-2H3/b8-7+,11-5+,13-6?;;. The molecule has 1 atom stereocenters. The van der Waals surface area contributed by atoms with Gasteiger partial charge in [-0.1, -0.05) is 56.3 Å². The third kappa shape index (κ3) is 13.4. The molecule has 1 N–H and O–H groups in total. The van der Waals surface area contributed by atoms with Crippen LogP contribution >= 0.6 is 15.9 Å². The minimum absolute atomic E-state index is 0.438. The van der Waals surface area contributed by atoms with Gasteiger partial charge in [-0.2, -0.15) is 0 Å². The maximum Gasteiger partial charge on any atom is 0.0722 e. The highest BCUT2D eigenvalue weighted by Crippen LogP contribution is 2.18. The number of aliphatic hydroxyl groups is 1. The van der Waals surface area contributed by atoms with Gasteiger partial charge < -0.3 is 5.11 Å². The van der Waals surface area contributed by atoms with Crippen molar-refractivity contribution in [1.29, 1.82) is 0 Å². The van der Waals surface area contributed by atoms with Crippen LogP contribution in [-0.4, -0.2) is 24.5 Å². The summed E-state index contributed by atoms with van der Waals surface area (Å²) in [6.07, 6.45) is 4.90. The van der Waals surface area contributed by atoms with Crippen molar-refractivity contribution in [3.8, 4) is 0 Å². The monoisotopic (exact) mass is 317 g/mol. The Bertz CT molecular complexity index is 289. The first kappa shape index (κ1) is 22.5. The third-order valence-electron chi connectivity index (χ3n) is 1.74. The van der Waals surface area contributed by atoms with E-state index in [0.717, 1.165) is 15.6 Å². The Morgan fingerprint density at radius 2 is 1.72 bits per heavy atom. The van der Waals surface area contributed by atoms with Crippen molar-refractivity contribution in [2.45, 2.75) is 47.6 Å². The summed E-state index contributed by atoms with van der Waals surface area (Å²) in [5.41, 5.74) is 1.71. The Morgan fingerprint density at radius 3 is 2.06 bits per heavy atom. The highest BCUT2D eigenvalue weighted by atomic mass is 79.9. The number of rotatable bonds is 4. The fourth-order valence-electron chi connectivity index (χ4n) is 0.711. The van der Waals surface area contributed by atoms with Crippen LogP contribution in [0.1, 0.15) is 41.5 Å². The van der Waals surface area contributed by atoms with Gasteiger partial charge in [-0.15, -0.1) is 0 Å². The van der Waals surface area contributed by atoms with Crippen molar-refractivity contribution in [2.24, 2.45) is 4.99 Å². The van der Waals surface area contributed by atoms with Gasteiger partial charge >= 0.3 is 0 Å². The highest BCUT2D eigenvalue weighted by Gasteiger charge is 2.00. The highest BCUT2D eigenvalue weighted by molar-refractivity contribution is 9.12. The van der Waals surface area contributed by atoms with E-state index in [9.17, 15) is 5.11 Å². The van der Waals surface area contributed by atoms with Crippen molar-refractivity contribution in [3.63, 3.8) is 0 Å². The van der Waals surface area contributed by atoms with Crippen LogP contribution in [0, 0.1) is 0 Å². The lowest BCUT2D eigenvalue weighted by Gasteiger charge is -2.05. The molecule has 0 spiro atoms. The van der Waals surface area contributed by atoms with Gasteiger partial charge in [0.05, 0.1) is 6.10 Å². The van der Waals surface area contributed by atoms with Crippen LogP contribution in [0.2, 0.25) is 0 Å². The van der Waals surface area contributed by atoms with E-state index in [1.54, 1.807) is 20.2 Å². The molecule has 0 saturated heterocycles. The summed E-state index contributed by atoms with van der Waals surface area (Å²) in [7, 11) is 1.70. The molecule has 0 radical (unpaired) electrons. The fourth-order valence-corrected chi connectivity index (χ4v) is 0.944. The number of allylic oxidation sites excluding steroid dienone is 4. The molecule has 106 valence electrons. The molecule has 0 saturated carbocycles.